The number of hydrogen-bond donors (Lipinski definition) is 1. The number of carbonyl (C=O) groups excluding carboxylic acids is 1. The van der Waals surface area contributed by atoms with Crippen LogP contribution in [0.2, 0.25) is 0 Å². The van der Waals surface area contributed by atoms with E-state index in [2.05, 4.69) is 42.3 Å². The molecule has 4 nitrogen and oxygen atoms in total. The van der Waals surface area contributed by atoms with Gasteiger partial charge < -0.3 is 9.62 Å². The van der Waals surface area contributed by atoms with E-state index in [1.807, 2.05) is 94.2 Å². The number of unbranched alkanes of at least 4 members (excludes halogenated alkanes) is 4. The third kappa shape index (κ3) is 15.3. The SMILES string of the molecule is CC.CC.CCC.CCCCCCC.O=C(Nc1ccc2ncccc2c1)c1ccc(N2CCCCCS2)cc1. The Balaban J connectivity index is 0.000000920. The molecule has 5 heteroatoms. The first kappa shape index (κ1) is 37.5. The average Bonchev–Trinajstić information content (AvgIpc) is 3.30. The lowest BCUT2D eigenvalue weighted by molar-refractivity contribution is 0.102. The molecule has 0 unspecified atom stereocenters. The Morgan fingerprint density at radius 3 is 2.12 bits per heavy atom. The second-order valence-corrected chi connectivity index (χ2v) is 10.3. The van der Waals surface area contributed by atoms with E-state index in [1.54, 1.807) is 6.20 Å². The summed E-state index contributed by atoms with van der Waals surface area (Å²) in [5, 5.41) is 3.99. The zero-order chi connectivity index (χ0) is 30.0. The molecule has 1 aliphatic rings. The first-order valence-electron chi connectivity index (χ1n) is 15.8. The van der Waals surface area contributed by atoms with E-state index in [9.17, 15) is 4.79 Å². The van der Waals surface area contributed by atoms with Gasteiger partial charge in [0, 0.05) is 40.8 Å². The molecule has 1 N–H and O–H groups in total. The number of rotatable bonds is 7. The van der Waals surface area contributed by atoms with Gasteiger partial charge in [0.1, 0.15) is 0 Å². The number of nitrogens with zero attached hydrogens (tertiary/aromatic N) is 2. The van der Waals surface area contributed by atoms with Crippen molar-refractivity contribution in [3.63, 3.8) is 0 Å². The number of hydrogen-bond acceptors (Lipinski definition) is 4. The maximum absolute atomic E-state index is 12.5. The van der Waals surface area contributed by atoms with Crippen molar-refractivity contribution in [1.82, 2.24) is 4.98 Å². The number of benzene rings is 2. The van der Waals surface area contributed by atoms with E-state index in [-0.39, 0.29) is 5.91 Å². The topological polar surface area (TPSA) is 45.2 Å². The number of nitrogens with one attached hydrogen (secondary N) is 1. The lowest BCUT2D eigenvalue weighted by Crippen LogP contribution is -2.15. The fourth-order valence-electron chi connectivity index (χ4n) is 3.79. The van der Waals surface area contributed by atoms with Gasteiger partial charge in [0.25, 0.3) is 5.91 Å². The predicted molar refractivity (Wildman–Crippen MR) is 183 cm³/mol. The van der Waals surface area contributed by atoms with Crippen molar-refractivity contribution in [3.8, 4) is 0 Å². The quantitative estimate of drug-likeness (QED) is 0.228. The Hall–Kier alpha value is -2.53. The molecule has 224 valence electrons. The highest BCUT2D eigenvalue weighted by atomic mass is 32.2. The second-order valence-electron chi connectivity index (χ2n) is 9.18. The van der Waals surface area contributed by atoms with E-state index in [4.69, 9.17) is 0 Å². The highest BCUT2D eigenvalue weighted by Crippen LogP contribution is 2.27. The molecule has 1 amide bonds. The summed E-state index contributed by atoms with van der Waals surface area (Å²) in [6.07, 6.45) is 13.8. The smallest absolute Gasteiger partial charge is 0.255 e. The predicted octanol–water partition coefficient (Wildman–Crippen LogP) is 11.6. The van der Waals surface area contributed by atoms with Crippen LogP contribution in [0.15, 0.2) is 60.8 Å². The van der Waals surface area contributed by atoms with Crippen molar-refractivity contribution >= 4 is 40.1 Å². The minimum atomic E-state index is -0.0942. The molecular weight excluding hydrogens is 510 g/mol. The zero-order valence-electron chi connectivity index (χ0n) is 26.8. The molecule has 4 rings (SSSR count). The summed E-state index contributed by atoms with van der Waals surface area (Å²) in [5.74, 6) is 1.07. The van der Waals surface area contributed by atoms with Gasteiger partial charge in [-0.1, -0.05) is 106 Å². The first-order chi connectivity index (χ1) is 19.6. The molecule has 2 heterocycles. The molecule has 0 saturated carbocycles. The van der Waals surface area contributed by atoms with Crippen molar-refractivity contribution in [1.29, 1.82) is 0 Å². The lowest BCUT2D eigenvalue weighted by Gasteiger charge is -2.21. The summed E-state index contributed by atoms with van der Waals surface area (Å²) >= 11 is 1.88. The molecule has 0 bridgehead atoms. The average molecular weight is 568 g/mol. The van der Waals surface area contributed by atoms with Crippen LogP contribution in [0.3, 0.4) is 0 Å². The summed E-state index contributed by atoms with van der Waals surface area (Å²) in [6.45, 7) is 17.8. The third-order valence-corrected chi connectivity index (χ3v) is 6.91. The Labute approximate surface area is 250 Å². The van der Waals surface area contributed by atoms with Crippen LogP contribution in [0.25, 0.3) is 10.9 Å². The molecule has 0 radical (unpaired) electrons. The molecule has 1 saturated heterocycles. The number of carbonyl (C=O) groups is 1. The summed E-state index contributed by atoms with van der Waals surface area (Å²) in [4.78, 5) is 16.8. The van der Waals surface area contributed by atoms with Gasteiger partial charge in [-0.2, -0.15) is 0 Å². The molecule has 3 aromatic rings. The summed E-state index contributed by atoms with van der Waals surface area (Å²) < 4.78 is 2.34. The van der Waals surface area contributed by atoms with Gasteiger partial charge in [0.05, 0.1) is 5.52 Å². The fraction of sp³-hybridized carbons (Fsp3) is 0.543. The normalized spacial score (nSPS) is 12.1. The highest BCUT2D eigenvalue weighted by molar-refractivity contribution is 8.00. The molecule has 2 aromatic carbocycles. The van der Waals surface area contributed by atoms with Gasteiger partial charge in [-0.15, -0.1) is 0 Å². The molecule has 0 spiro atoms. The van der Waals surface area contributed by atoms with Crippen LogP contribution in [0.4, 0.5) is 11.4 Å². The molecule has 1 aliphatic heterocycles. The van der Waals surface area contributed by atoms with Crippen molar-refractivity contribution in [2.75, 3.05) is 21.9 Å². The molecule has 40 heavy (non-hydrogen) atoms. The van der Waals surface area contributed by atoms with E-state index >= 15 is 0 Å². The maximum atomic E-state index is 12.5. The molecule has 0 aliphatic carbocycles. The minimum absolute atomic E-state index is 0.0942. The van der Waals surface area contributed by atoms with E-state index < -0.39 is 0 Å². The van der Waals surface area contributed by atoms with Crippen LogP contribution in [-0.4, -0.2) is 23.2 Å². The minimum Gasteiger partial charge on any atom is -0.322 e. The third-order valence-electron chi connectivity index (χ3n) is 5.74. The van der Waals surface area contributed by atoms with Crippen molar-refractivity contribution in [2.45, 2.75) is 113 Å². The summed E-state index contributed by atoms with van der Waals surface area (Å²) in [6, 6.07) is 17.5. The molecule has 0 atom stereocenters. The van der Waals surface area contributed by atoms with Crippen LogP contribution in [-0.2, 0) is 0 Å². The van der Waals surface area contributed by atoms with E-state index in [0.29, 0.717) is 5.56 Å². The molecule has 1 aromatic heterocycles. The standard InChI is InChI=1S/C21H21N3OS.C7H16.C3H8.2C2H6/c25-21(23-18-8-11-20-17(15-18)5-4-12-22-20)16-6-9-19(10-7-16)24-13-2-1-3-14-26-24;1-3-5-7-6-4-2;1-3-2;2*1-2/h4-12,15H,1-3,13-14H2,(H,23,25);3-7H2,1-2H3;3H2,1-2H3;2*1-2H3. The largest absolute Gasteiger partial charge is 0.322 e. The maximum Gasteiger partial charge on any atom is 0.255 e. The fourth-order valence-corrected chi connectivity index (χ4v) is 4.87. The number of aromatic nitrogens is 1. The Kier molecular flexibility index (Phi) is 23.8. The van der Waals surface area contributed by atoms with Gasteiger partial charge in [-0.05, 0) is 73.3 Å². The van der Waals surface area contributed by atoms with Gasteiger partial charge in [0.15, 0.2) is 0 Å². The van der Waals surface area contributed by atoms with Gasteiger partial charge in [-0.25, -0.2) is 0 Å². The van der Waals surface area contributed by atoms with Gasteiger partial charge >= 0.3 is 0 Å². The van der Waals surface area contributed by atoms with Crippen molar-refractivity contribution in [2.24, 2.45) is 0 Å². The van der Waals surface area contributed by atoms with Crippen LogP contribution in [0, 0.1) is 0 Å². The number of fused-ring (bicyclic) bond motifs is 1. The van der Waals surface area contributed by atoms with E-state index in [1.165, 1.54) is 69.2 Å². The van der Waals surface area contributed by atoms with Crippen molar-refractivity contribution in [3.05, 3.63) is 66.4 Å². The number of amides is 1. The number of pyridine rings is 1. The first-order valence-corrected chi connectivity index (χ1v) is 16.7. The van der Waals surface area contributed by atoms with Crippen LogP contribution < -0.4 is 9.62 Å². The lowest BCUT2D eigenvalue weighted by atomic mass is 10.1. The van der Waals surface area contributed by atoms with Crippen LogP contribution in [0.1, 0.15) is 124 Å². The Bertz CT molecular complexity index is 995. The summed E-state index contributed by atoms with van der Waals surface area (Å²) in [5.41, 5.74) is 3.54. The van der Waals surface area contributed by atoms with Crippen LogP contribution in [0.5, 0.6) is 0 Å². The van der Waals surface area contributed by atoms with Crippen molar-refractivity contribution < 1.29 is 4.79 Å². The zero-order valence-corrected chi connectivity index (χ0v) is 27.6. The van der Waals surface area contributed by atoms with Crippen LogP contribution >= 0.6 is 11.9 Å². The molecular formula is C35H57N3OS. The van der Waals surface area contributed by atoms with E-state index in [0.717, 1.165) is 23.1 Å². The summed E-state index contributed by atoms with van der Waals surface area (Å²) in [7, 11) is 0. The number of anilines is 2. The molecule has 1 fully saturated rings. The monoisotopic (exact) mass is 567 g/mol. The Morgan fingerprint density at radius 1 is 0.850 bits per heavy atom. The van der Waals surface area contributed by atoms with Gasteiger partial charge in [-0.3, -0.25) is 9.78 Å². The second kappa shape index (κ2) is 25.4. The Morgan fingerprint density at radius 2 is 1.50 bits per heavy atom. The van der Waals surface area contributed by atoms with Gasteiger partial charge in [0.2, 0.25) is 0 Å². The highest BCUT2D eigenvalue weighted by Gasteiger charge is 2.12.